The number of rotatable bonds is 2. The first-order valence-corrected chi connectivity index (χ1v) is 8.61. The van der Waals surface area contributed by atoms with Crippen molar-refractivity contribution in [2.45, 2.75) is 25.5 Å². The summed E-state index contributed by atoms with van der Waals surface area (Å²) in [6.45, 7) is 1.98. The van der Waals surface area contributed by atoms with Crippen LogP contribution in [0.15, 0.2) is 18.2 Å². The fraction of sp³-hybridized carbons (Fsp3) is 0.333. The van der Waals surface area contributed by atoms with Gasteiger partial charge in [0.15, 0.2) is 9.84 Å². The number of sulfone groups is 1. The van der Waals surface area contributed by atoms with Crippen LogP contribution in [0.2, 0.25) is 0 Å². The van der Waals surface area contributed by atoms with Crippen molar-refractivity contribution in [1.82, 2.24) is 4.98 Å². The lowest BCUT2D eigenvalue weighted by atomic mass is 9.98. The molecule has 0 fully saturated rings. The third-order valence-electron chi connectivity index (χ3n) is 3.87. The first kappa shape index (κ1) is 14.0. The molecule has 110 valence electrons. The number of hydrogen-bond donors (Lipinski definition) is 1. The molecule has 0 saturated heterocycles. The van der Waals surface area contributed by atoms with Crippen molar-refractivity contribution in [3.05, 3.63) is 40.6 Å². The first-order valence-electron chi connectivity index (χ1n) is 6.79. The highest BCUT2D eigenvalue weighted by molar-refractivity contribution is 7.90. The highest BCUT2D eigenvalue weighted by Crippen LogP contribution is 2.29. The molecule has 0 saturated carbocycles. The number of nitrogens with zero attached hydrogens (tertiary/aromatic N) is 1. The fourth-order valence-corrected chi connectivity index (χ4v) is 4.17. The Morgan fingerprint density at radius 3 is 2.81 bits per heavy atom. The van der Waals surface area contributed by atoms with Crippen molar-refractivity contribution in [3.63, 3.8) is 0 Å². The predicted octanol–water partition coefficient (Wildman–Crippen LogP) is 1.97. The number of fused-ring (bicyclic) bond motifs is 2. The molecule has 5 nitrogen and oxygen atoms in total. The number of aromatic nitrogens is 1. The van der Waals surface area contributed by atoms with Gasteiger partial charge in [0.05, 0.1) is 22.6 Å². The second-order valence-electron chi connectivity index (χ2n) is 5.26. The van der Waals surface area contributed by atoms with Crippen molar-refractivity contribution in [1.29, 1.82) is 0 Å². The maximum Gasteiger partial charge on any atom is 0.336 e. The Morgan fingerprint density at radius 1 is 1.38 bits per heavy atom. The molecular formula is C15H15NO4S. The van der Waals surface area contributed by atoms with Gasteiger partial charge in [-0.25, -0.2) is 13.2 Å². The average Bonchev–Trinajstić information content (AvgIpc) is 2.43. The van der Waals surface area contributed by atoms with Crippen molar-refractivity contribution in [2.24, 2.45) is 0 Å². The van der Waals surface area contributed by atoms with E-state index >= 15 is 0 Å². The molecule has 3 rings (SSSR count). The fourth-order valence-electron chi connectivity index (χ4n) is 2.77. The summed E-state index contributed by atoms with van der Waals surface area (Å²) in [6.07, 6.45) is 1.06. The standard InChI is InChI=1S/C15H15NO4S/c1-2-9-3-4-12-10(7-9)14(15(17)18)11-8-21(19,20)6-5-13(11)16-12/h3-4,7H,2,5-6,8H2,1H3,(H,17,18). The summed E-state index contributed by atoms with van der Waals surface area (Å²) < 4.78 is 23.7. The van der Waals surface area contributed by atoms with Gasteiger partial charge >= 0.3 is 5.97 Å². The van der Waals surface area contributed by atoms with Crippen LogP contribution >= 0.6 is 0 Å². The molecule has 0 atom stereocenters. The Balaban J connectivity index is 2.38. The Kier molecular flexibility index (Phi) is 3.20. The van der Waals surface area contributed by atoms with Crippen molar-refractivity contribution < 1.29 is 18.3 Å². The normalized spacial score (nSPS) is 16.6. The van der Waals surface area contributed by atoms with Crippen LogP contribution < -0.4 is 0 Å². The molecular weight excluding hydrogens is 290 g/mol. The van der Waals surface area contributed by atoms with Crippen LogP contribution in [0.5, 0.6) is 0 Å². The van der Waals surface area contributed by atoms with Crippen molar-refractivity contribution in [3.8, 4) is 0 Å². The van der Waals surface area contributed by atoms with Crippen molar-refractivity contribution >= 4 is 26.7 Å². The van der Waals surface area contributed by atoms with E-state index in [1.165, 1.54) is 0 Å². The van der Waals surface area contributed by atoms with Gasteiger partial charge in [-0.05, 0) is 24.1 Å². The van der Waals surface area contributed by atoms with E-state index in [9.17, 15) is 18.3 Å². The van der Waals surface area contributed by atoms with Crippen LogP contribution in [0.4, 0.5) is 0 Å². The minimum absolute atomic E-state index is 0.0324. The van der Waals surface area contributed by atoms with E-state index in [1.807, 2.05) is 19.1 Å². The van der Waals surface area contributed by atoms with Gasteiger partial charge in [0.25, 0.3) is 0 Å². The van der Waals surface area contributed by atoms with Crippen LogP contribution in [0.1, 0.15) is 34.1 Å². The Hall–Kier alpha value is -1.95. The summed E-state index contributed by atoms with van der Waals surface area (Å²) in [5.74, 6) is -1.29. The number of aromatic carboxylic acids is 1. The molecule has 0 radical (unpaired) electrons. The molecule has 2 aromatic rings. The molecule has 1 aliphatic rings. The quantitative estimate of drug-likeness (QED) is 0.917. The van der Waals surface area contributed by atoms with E-state index in [1.54, 1.807) is 6.07 Å². The monoisotopic (exact) mass is 305 g/mol. The third-order valence-corrected chi connectivity index (χ3v) is 5.43. The molecule has 1 aromatic carbocycles. The summed E-state index contributed by atoms with van der Waals surface area (Å²) in [5.41, 5.74) is 2.66. The predicted molar refractivity (Wildman–Crippen MR) is 79.3 cm³/mol. The van der Waals surface area contributed by atoms with Crippen LogP contribution in [0, 0.1) is 0 Å². The van der Waals surface area contributed by atoms with Crippen LogP contribution in [-0.2, 0) is 28.4 Å². The summed E-state index contributed by atoms with van der Waals surface area (Å²) >= 11 is 0. The highest BCUT2D eigenvalue weighted by atomic mass is 32.2. The maximum atomic E-state index is 11.8. The van der Waals surface area contributed by atoms with Gasteiger partial charge < -0.3 is 5.11 Å². The van der Waals surface area contributed by atoms with Crippen LogP contribution in [0.3, 0.4) is 0 Å². The second kappa shape index (κ2) is 4.80. The highest BCUT2D eigenvalue weighted by Gasteiger charge is 2.28. The van der Waals surface area contributed by atoms with Gasteiger partial charge in [-0.1, -0.05) is 13.0 Å². The summed E-state index contributed by atoms with van der Waals surface area (Å²) in [7, 11) is -3.24. The maximum absolute atomic E-state index is 11.8. The zero-order chi connectivity index (χ0) is 15.2. The Bertz CT molecular complexity index is 856. The number of carbonyl (C=O) groups is 1. The molecule has 21 heavy (non-hydrogen) atoms. The number of aryl methyl sites for hydroxylation is 2. The molecule has 0 bridgehead atoms. The minimum atomic E-state index is -3.24. The first-order chi connectivity index (χ1) is 9.91. The van der Waals surface area contributed by atoms with E-state index in [0.717, 1.165) is 12.0 Å². The second-order valence-corrected chi connectivity index (χ2v) is 7.45. The lowest BCUT2D eigenvalue weighted by molar-refractivity contribution is 0.0698. The molecule has 0 unspecified atom stereocenters. The van der Waals surface area contributed by atoms with Gasteiger partial charge in [-0.15, -0.1) is 0 Å². The van der Waals surface area contributed by atoms with Gasteiger partial charge in [-0.2, -0.15) is 0 Å². The summed E-state index contributed by atoms with van der Waals surface area (Å²) in [6, 6.07) is 5.53. The summed E-state index contributed by atoms with van der Waals surface area (Å²) in [5, 5.41) is 10.1. The molecule has 1 aliphatic heterocycles. The number of benzene rings is 1. The SMILES string of the molecule is CCc1ccc2nc3c(c(C(=O)O)c2c1)CS(=O)(=O)CC3. The molecule has 0 aliphatic carbocycles. The van der Waals surface area contributed by atoms with E-state index in [2.05, 4.69) is 4.98 Å². The lowest BCUT2D eigenvalue weighted by Gasteiger charge is -2.19. The molecule has 6 heteroatoms. The average molecular weight is 305 g/mol. The van der Waals surface area contributed by atoms with Gasteiger partial charge in [0.1, 0.15) is 0 Å². The van der Waals surface area contributed by atoms with Gasteiger partial charge in [-0.3, -0.25) is 4.98 Å². The Morgan fingerprint density at radius 2 is 2.14 bits per heavy atom. The van der Waals surface area contributed by atoms with E-state index in [0.29, 0.717) is 22.2 Å². The van der Waals surface area contributed by atoms with Gasteiger partial charge in [0.2, 0.25) is 0 Å². The van der Waals surface area contributed by atoms with Crippen LogP contribution in [0.25, 0.3) is 10.9 Å². The topological polar surface area (TPSA) is 84.3 Å². The molecule has 1 aromatic heterocycles. The lowest BCUT2D eigenvalue weighted by Crippen LogP contribution is -2.23. The summed E-state index contributed by atoms with van der Waals surface area (Å²) in [4.78, 5) is 16.1. The van der Waals surface area contributed by atoms with E-state index < -0.39 is 15.8 Å². The minimum Gasteiger partial charge on any atom is -0.478 e. The Labute approximate surface area is 122 Å². The van der Waals surface area contributed by atoms with Gasteiger partial charge in [0, 0.05) is 23.1 Å². The molecule has 0 spiro atoms. The third kappa shape index (κ3) is 2.40. The number of carboxylic acid groups (broad SMARTS) is 1. The molecule has 0 amide bonds. The number of hydrogen-bond acceptors (Lipinski definition) is 4. The molecule has 2 heterocycles. The molecule has 1 N–H and O–H groups in total. The number of carboxylic acids is 1. The van der Waals surface area contributed by atoms with Crippen molar-refractivity contribution in [2.75, 3.05) is 5.75 Å². The van der Waals surface area contributed by atoms with E-state index in [4.69, 9.17) is 0 Å². The zero-order valence-electron chi connectivity index (χ0n) is 11.6. The largest absolute Gasteiger partial charge is 0.478 e. The van der Waals surface area contributed by atoms with E-state index in [-0.39, 0.29) is 23.5 Å². The smallest absolute Gasteiger partial charge is 0.336 e. The number of pyridine rings is 1. The zero-order valence-corrected chi connectivity index (χ0v) is 12.4. The van der Waals surface area contributed by atoms with Crippen LogP contribution in [-0.4, -0.2) is 30.2 Å².